The Labute approximate surface area is 118 Å². The van der Waals surface area contributed by atoms with Crippen molar-refractivity contribution in [2.45, 2.75) is 13.0 Å². The smallest absolute Gasteiger partial charge is 0.330 e. The highest BCUT2D eigenvalue weighted by Gasteiger charge is 2.22. The summed E-state index contributed by atoms with van der Waals surface area (Å²) in [6.45, 7) is 1.70. The molecule has 0 bridgehead atoms. The maximum atomic E-state index is 11.8. The predicted octanol–water partition coefficient (Wildman–Crippen LogP) is 1.79. The summed E-state index contributed by atoms with van der Waals surface area (Å²) < 4.78 is 3.91. The molecule has 0 unspecified atom stereocenters. The molecule has 1 aromatic heterocycles. The van der Waals surface area contributed by atoms with Gasteiger partial charge >= 0.3 is 12.0 Å². The second-order valence-electron chi connectivity index (χ2n) is 3.93. The first-order chi connectivity index (χ1) is 9.56. The SMILES string of the molecule is Cc1nsc(NC(=O)N[C@@H](C(=O)O)c2ccccc2)n1. The first-order valence-corrected chi connectivity index (χ1v) is 6.49. The van der Waals surface area contributed by atoms with Gasteiger partial charge in [-0.15, -0.1) is 0 Å². The molecule has 8 heteroatoms. The van der Waals surface area contributed by atoms with Crippen molar-refractivity contribution in [3.05, 3.63) is 41.7 Å². The van der Waals surface area contributed by atoms with Crippen LogP contribution in [0.1, 0.15) is 17.4 Å². The Morgan fingerprint density at radius 3 is 2.55 bits per heavy atom. The number of aryl methyl sites for hydroxylation is 1. The number of benzene rings is 1. The van der Waals surface area contributed by atoms with Crippen molar-refractivity contribution in [2.24, 2.45) is 0 Å². The van der Waals surface area contributed by atoms with Crippen LogP contribution in [0, 0.1) is 6.92 Å². The Bertz CT molecular complexity index is 614. The molecule has 104 valence electrons. The molecule has 7 nitrogen and oxygen atoms in total. The van der Waals surface area contributed by atoms with Gasteiger partial charge in [0.05, 0.1) is 0 Å². The maximum absolute atomic E-state index is 11.8. The molecule has 20 heavy (non-hydrogen) atoms. The van der Waals surface area contributed by atoms with Crippen LogP contribution in [0.4, 0.5) is 9.93 Å². The molecule has 0 spiro atoms. The average molecular weight is 292 g/mol. The number of amides is 2. The Kier molecular flexibility index (Phi) is 4.26. The molecule has 0 fully saturated rings. The summed E-state index contributed by atoms with van der Waals surface area (Å²) in [6, 6.07) is 6.69. The molecule has 2 amide bonds. The fourth-order valence-corrected chi connectivity index (χ4v) is 2.12. The lowest BCUT2D eigenvalue weighted by Crippen LogP contribution is -2.36. The van der Waals surface area contributed by atoms with Crippen LogP contribution in [0.5, 0.6) is 0 Å². The van der Waals surface area contributed by atoms with E-state index in [0.717, 1.165) is 11.5 Å². The molecule has 0 radical (unpaired) electrons. The molecule has 0 saturated heterocycles. The number of carbonyl (C=O) groups excluding carboxylic acids is 1. The van der Waals surface area contributed by atoms with Gasteiger partial charge in [-0.25, -0.2) is 14.6 Å². The van der Waals surface area contributed by atoms with Crippen LogP contribution < -0.4 is 10.6 Å². The molecule has 1 atom stereocenters. The van der Waals surface area contributed by atoms with Crippen molar-refractivity contribution in [1.29, 1.82) is 0 Å². The van der Waals surface area contributed by atoms with Crippen LogP contribution >= 0.6 is 11.5 Å². The largest absolute Gasteiger partial charge is 0.479 e. The lowest BCUT2D eigenvalue weighted by atomic mass is 10.1. The van der Waals surface area contributed by atoms with Gasteiger partial charge in [-0.3, -0.25) is 5.32 Å². The number of urea groups is 1. The minimum atomic E-state index is -1.14. The zero-order chi connectivity index (χ0) is 14.5. The van der Waals surface area contributed by atoms with E-state index >= 15 is 0 Å². The van der Waals surface area contributed by atoms with Gasteiger partial charge in [-0.2, -0.15) is 4.37 Å². The molecule has 0 aliphatic rings. The van der Waals surface area contributed by atoms with Gasteiger partial charge < -0.3 is 10.4 Å². The lowest BCUT2D eigenvalue weighted by molar-refractivity contribution is -0.139. The van der Waals surface area contributed by atoms with E-state index < -0.39 is 18.0 Å². The number of carboxylic acid groups (broad SMARTS) is 1. The van der Waals surface area contributed by atoms with Crippen molar-refractivity contribution in [3.63, 3.8) is 0 Å². The molecule has 0 saturated carbocycles. The Morgan fingerprint density at radius 2 is 2.00 bits per heavy atom. The molecule has 2 aromatic rings. The summed E-state index contributed by atoms with van der Waals surface area (Å²) in [5.41, 5.74) is 0.489. The maximum Gasteiger partial charge on any atom is 0.330 e. The van der Waals surface area contributed by atoms with Crippen LogP contribution in [-0.4, -0.2) is 26.5 Å². The van der Waals surface area contributed by atoms with Crippen molar-refractivity contribution >= 4 is 28.7 Å². The predicted molar refractivity (Wildman–Crippen MR) is 73.6 cm³/mol. The number of carboxylic acids is 1. The highest BCUT2D eigenvalue weighted by molar-refractivity contribution is 7.09. The van der Waals surface area contributed by atoms with E-state index in [-0.39, 0.29) is 0 Å². The average Bonchev–Trinajstić information content (AvgIpc) is 2.82. The van der Waals surface area contributed by atoms with Gasteiger partial charge in [0, 0.05) is 11.5 Å². The summed E-state index contributed by atoms with van der Waals surface area (Å²) in [5, 5.41) is 14.3. The van der Waals surface area contributed by atoms with E-state index in [2.05, 4.69) is 20.0 Å². The third-order valence-electron chi connectivity index (χ3n) is 2.40. The molecule has 0 aliphatic carbocycles. The molecule has 3 N–H and O–H groups in total. The number of aliphatic carboxylic acids is 1. The summed E-state index contributed by atoms with van der Waals surface area (Å²) in [5.74, 6) is -0.595. The summed E-state index contributed by atoms with van der Waals surface area (Å²) in [7, 11) is 0. The Morgan fingerprint density at radius 1 is 1.30 bits per heavy atom. The number of rotatable bonds is 4. The fraction of sp³-hybridized carbons (Fsp3) is 0.167. The third-order valence-corrected chi connectivity index (χ3v) is 3.13. The number of aromatic nitrogens is 2. The minimum Gasteiger partial charge on any atom is -0.479 e. The van der Waals surface area contributed by atoms with Crippen LogP contribution in [0.25, 0.3) is 0 Å². The number of hydrogen-bond donors (Lipinski definition) is 3. The summed E-state index contributed by atoms with van der Waals surface area (Å²) >= 11 is 1.03. The van der Waals surface area contributed by atoms with Crippen LogP contribution in [0.15, 0.2) is 30.3 Å². The van der Waals surface area contributed by atoms with Gasteiger partial charge in [0.1, 0.15) is 5.82 Å². The van der Waals surface area contributed by atoms with Crippen molar-refractivity contribution in [1.82, 2.24) is 14.7 Å². The quantitative estimate of drug-likeness (QED) is 0.797. The van der Waals surface area contributed by atoms with Gasteiger partial charge in [0.25, 0.3) is 0 Å². The van der Waals surface area contributed by atoms with Crippen LogP contribution in [-0.2, 0) is 4.79 Å². The summed E-state index contributed by atoms with van der Waals surface area (Å²) in [6.07, 6.45) is 0. The van der Waals surface area contributed by atoms with E-state index in [1.807, 2.05) is 0 Å². The highest BCUT2D eigenvalue weighted by Crippen LogP contribution is 2.14. The standard InChI is InChI=1S/C12H12N4O3S/c1-7-13-12(20-16-7)15-11(19)14-9(10(17)18)8-5-3-2-4-6-8/h2-6,9H,1H3,(H,17,18)(H2,13,14,15,16,19)/t9-/m1/s1. The van der Waals surface area contributed by atoms with Gasteiger partial charge in [-0.1, -0.05) is 30.3 Å². The molecule has 2 rings (SSSR count). The van der Waals surface area contributed by atoms with Crippen molar-refractivity contribution in [3.8, 4) is 0 Å². The monoisotopic (exact) mass is 292 g/mol. The van der Waals surface area contributed by atoms with E-state index in [0.29, 0.717) is 16.5 Å². The van der Waals surface area contributed by atoms with Crippen LogP contribution in [0.2, 0.25) is 0 Å². The molecule has 1 heterocycles. The first kappa shape index (κ1) is 13.9. The topological polar surface area (TPSA) is 104 Å². The molecule has 0 aliphatic heterocycles. The molecular weight excluding hydrogens is 280 g/mol. The third kappa shape index (κ3) is 3.51. The normalized spacial score (nSPS) is 11.7. The lowest BCUT2D eigenvalue weighted by Gasteiger charge is -2.14. The zero-order valence-electron chi connectivity index (χ0n) is 10.5. The number of carbonyl (C=O) groups is 2. The molecular formula is C12H12N4O3S. The first-order valence-electron chi connectivity index (χ1n) is 5.72. The highest BCUT2D eigenvalue weighted by atomic mass is 32.1. The van der Waals surface area contributed by atoms with E-state index in [1.165, 1.54) is 0 Å². The van der Waals surface area contributed by atoms with Crippen LogP contribution in [0.3, 0.4) is 0 Å². The van der Waals surface area contributed by atoms with Gasteiger partial charge in [0.2, 0.25) is 5.13 Å². The summed E-state index contributed by atoms with van der Waals surface area (Å²) in [4.78, 5) is 27.0. The van der Waals surface area contributed by atoms with Crippen molar-refractivity contribution in [2.75, 3.05) is 5.32 Å². The zero-order valence-corrected chi connectivity index (χ0v) is 11.3. The Hall–Kier alpha value is -2.48. The minimum absolute atomic E-state index is 0.317. The second kappa shape index (κ2) is 6.11. The molecule has 1 aromatic carbocycles. The van der Waals surface area contributed by atoms with E-state index in [4.69, 9.17) is 0 Å². The number of anilines is 1. The van der Waals surface area contributed by atoms with Gasteiger partial charge in [-0.05, 0) is 12.5 Å². The van der Waals surface area contributed by atoms with E-state index in [1.54, 1.807) is 37.3 Å². The second-order valence-corrected chi connectivity index (χ2v) is 4.68. The number of nitrogens with one attached hydrogen (secondary N) is 2. The van der Waals surface area contributed by atoms with E-state index in [9.17, 15) is 14.7 Å². The van der Waals surface area contributed by atoms with Gasteiger partial charge in [0.15, 0.2) is 6.04 Å². The fourth-order valence-electron chi connectivity index (χ4n) is 1.55. The Balaban J connectivity index is 2.05. The number of hydrogen-bond acceptors (Lipinski definition) is 5. The number of nitrogens with zero attached hydrogens (tertiary/aromatic N) is 2. The van der Waals surface area contributed by atoms with Crippen molar-refractivity contribution < 1.29 is 14.7 Å².